The minimum atomic E-state index is -0.526. The summed E-state index contributed by atoms with van der Waals surface area (Å²) in [5, 5.41) is 17.0. The van der Waals surface area contributed by atoms with E-state index in [0.29, 0.717) is 22.2 Å². The number of thioether (sulfide) groups is 1. The van der Waals surface area contributed by atoms with Crippen molar-refractivity contribution in [1.29, 1.82) is 0 Å². The van der Waals surface area contributed by atoms with Crippen LogP contribution in [0.15, 0.2) is 53.4 Å². The summed E-state index contributed by atoms with van der Waals surface area (Å²) in [6.07, 6.45) is 2.67. The molecule has 0 fully saturated rings. The summed E-state index contributed by atoms with van der Waals surface area (Å²) >= 11 is 2.74. The van der Waals surface area contributed by atoms with Gasteiger partial charge in [-0.1, -0.05) is 13.0 Å². The summed E-state index contributed by atoms with van der Waals surface area (Å²) in [4.78, 5) is 49.9. The summed E-state index contributed by atoms with van der Waals surface area (Å²) in [5.41, 5.74) is 2.17. The molecule has 0 radical (unpaired) electrons. The maximum absolute atomic E-state index is 12.8. The quantitative estimate of drug-likeness (QED) is 0.166. The van der Waals surface area contributed by atoms with E-state index in [9.17, 15) is 24.5 Å². The number of esters is 1. The number of non-ortho nitro benzene ring substituents is 1. The molecule has 0 saturated carbocycles. The number of fused-ring (bicyclic) bond motifs is 1. The van der Waals surface area contributed by atoms with Crippen LogP contribution in [0.2, 0.25) is 0 Å². The van der Waals surface area contributed by atoms with Crippen LogP contribution >= 0.6 is 23.1 Å². The standard InChI is InChI=1S/C26H25N3O6S2/c1-15-6-11-20-21(12-15)37-25(23(20)26(32)35-2)28-22(30)14-36-19-5-3-4-17(13-19)27-24(31)16-7-9-18(10-8-16)29(33)34/h3-5,7-10,13,15H,6,11-12,14H2,1-2H3,(H,27,31)(H,28,30). The third-order valence-electron chi connectivity index (χ3n) is 5.96. The highest BCUT2D eigenvalue weighted by molar-refractivity contribution is 8.00. The fourth-order valence-electron chi connectivity index (χ4n) is 4.07. The predicted molar refractivity (Wildman–Crippen MR) is 144 cm³/mol. The molecule has 11 heteroatoms. The topological polar surface area (TPSA) is 128 Å². The number of thiophene rings is 1. The van der Waals surface area contributed by atoms with E-state index in [-0.39, 0.29) is 22.9 Å². The van der Waals surface area contributed by atoms with Crippen LogP contribution in [0, 0.1) is 16.0 Å². The van der Waals surface area contributed by atoms with E-state index in [1.165, 1.54) is 54.5 Å². The van der Waals surface area contributed by atoms with Gasteiger partial charge in [-0.15, -0.1) is 23.1 Å². The zero-order valence-corrected chi connectivity index (χ0v) is 21.9. The largest absolute Gasteiger partial charge is 0.465 e. The number of hydrogen-bond donors (Lipinski definition) is 2. The van der Waals surface area contributed by atoms with Gasteiger partial charge in [-0.2, -0.15) is 0 Å². The van der Waals surface area contributed by atoms with Gasteiger partial charge in [0.1, 0.15) is 5.00 Å². The van der Waals surface area contributed by atoms with E-state index >= 15 is 0 Å². The van der Waals surface area contributed by atoms with Crippen molar-refractivity contribution >= 4 is 57.3 Å². The summed E-state index contributed by atoms with van der Waals surface area (Å²) < 4.78 is 4.98. The van der Waals surface area contributed by atoms with Gasteiger partial charge in [0.05, 0.1) is 23.3 Å². The Morgan fingerprint density at radius 3 is 2.62 bits per heavy atom. The normalized spacial score (nSPS) is 14.4. The molecular formula is C26H25N3O6S2. The van der Waals surface area contributed by atoms with Crippen LogP contribution < -0.4 is 10.6 Å². The van der Waals surface area contributed by atoms with E-state index in [2.05, 4.69) is 17.6 Å². The van der Waals surface area contributed by atoms with Crippen LogP contribution in [0.3, 0.4) is 0 Å². The zero-order valence-electron chi connectivity index (χ0n) is 20.2. The number of amides is 2. The highest BCUT2D eigenvalue weighted by Gasteiger charge is 2.28. The molecular weight excluding hydrogens is 514 g/mol. The number of nitrogens with zero attached hydrogens (tertiary/aromatic N) is 1. The lowest BCUT2D eigenvalue weighted by Gasteiger charge is -2.18. The van der Waals surface area contributed by atoms with Crippen molar-refractivity contribution in [2.45, 2.75) is 31.1 Å². The first kappa shape index (κ1) is 26.4. The molecule has 2 amide bonds. The molecule has 2 N–H and O–H groups in total. The number of carbonyl (C=O) groups is 3. The second-order valence-electron chi connectivity index (χ2n) is 8.67. The van der Waals surface area contributed by atoms with Crippen molar-refractivity contribution in [2.24, 2.45) is 5.92 Å². The Morgan fingerprint density at radius 1 is 1.16 bits per heavy atom. The number of ether oxygens (including phenoxy) is 1. The highest BCUT2D eigenvalue weighted by Crippen LogP contribution is 2.40. The molecule has 4 rings (SSSR count). The van der Waals surface area contributed by atoms with Gasteiger partial charge < -0.3 is 15.4 Å². The van der Waals surface area contributed by atoms with Crippen LogP contribution in [0.5, 0.6) is 0 Å². The third-order valence-corrected chi connectivity index (χ3v) is 8.12. The Bertz CT molecular complexity index is 1350. The fraction of sp³-hybridized carbons (Fsp3) is 0.269. The van der Waals surface area contributed by atoms with Gasteiger partial charge in [0, 0.05) is 33.2 Å². The number of rotatable bonds is 8. The van der Waals surface area contributed by atoms with Gasteiger partial charge in [0.15, 0.2) is 0 Å². The predicted octanol–water partition coefficient (Wildman–Crippen LogP) is 5.55. The van der Waals surface area contributed by atoms with E-state index in [4.69, 9.17) is 4.74 Å². The lowest BCUT2D eigenvalue weighted by molar-refractivity contribution is -0.384. The molecule has 9 nitrogen and oxygen atoms in total. The Hall–Kier alpha value is -3.70. The van der Waals surface area contributed by atoms with E-state index < -0.39 is 16.8 Å². The Balaban J connectivity index is 1.38. The maximum atomic E-state index is 12.8. The van der Waals surface area contributed by atoms with E-state index in [0.717, 1.165) is 34.6 Å². The van der Waals surface area contributed by atoms with Crippen LogP contribution in [0.25, 0.3) is 0 Å². The lowest BCUT2D eigenvalue weighted by atomic mass is 9.88. The molecule has 1 aromatic heterocycles. The first-order chi connectivity index (χ1) is 17.7. The van der Waals surface area contributed by atoms with Gasteiger partial charge in [-0.3, -0.25) is 19.7 Å². The molecule has 1 heterocycles. The minimum absolute atomic E-state index is 0.0933. The molecule has 0 aliphatic heterocycles. The second kappa shape index (κ2) is 11.6. The summed E-state index contributed by atoms with van der Waals surface area (Å²) in [6.45, 7) is 2.18. The number of nitrogens with one attached hydrogen (secondary N) is 2. The second-order valence-corrected chi connectivity index (χ2v) is 10.8. The number of benzene rings is 2. The maximum Gasteiger partial charge on any atom is 0.341 e. The number of anilines is 2. The van der Waals surface area contributed by atoms with E-state index in [1.807, 2.05) is 6.07 Å². The molecule has 0 saturated heterocycles. The van der Waals surface area contributed by atoms with Crippen molar-refractivity contribution < 1.29 is 24.0 Å². The van der Waals surface area contributed by atoms with Crippen molar-refractivity contribution in [1.82, 2.24) is 0 Å². The number of methoxy groups -OCH3 is 1. The van der Waals surface area contributed by atoms with Crippen LogP contribution in [-0.4, -0.2) is 35.6 Å². The first-order valence-corrected chi connectivity index (χ1v) is 13.4. The average molecular weight is 540 g/mol. The van der Waals surface area contributed by atoms with Crippen molar-refractivity contribution in [3.63, 3.8) is 0 Å². The third kappa shape index (κ3) is 6.36. The molecule has 1 aliphatic carbocycles. The number of nitro benzene ring substituents is 1. The molecule has 1 unspecified atom stereocenters. The number of hydrogen-bond acceptors (Lipinski definition) is 8. The van der Waals surface area contributed by atoms with Gasteiger partial charge in [0.2, 0.25) is 5.91 Å². The van der Waals surface area contributed by atoms with Gasteiger partial charge in [-0.05, 0) is 61.1 Å². The molecule has 0 spiro atoms. The molecule has 0 bridgehead atoms. The van der Waals surface area contributed by atoms with Crippen LogP contribution in [-0.2, 0) is 22.4 Å². The summed E-state index contributed by atoms with van der Waals surface area (Å²) in [5.74, 6) is -0.446. The Kier molecular flexibility index (Phi) is 8.24. The monoisotopic (exact) mass is 539 g/mol. The molecule has 192 valence electrons. The zero-order chi connectivity index (χ0) is 26.5. The minimum Gasteiger partial charge on any atom is -0.465 e. The highest BCUT2D eigenvalue weighted by atomic mass is 32.2. The first-order valence-electron chi connectivity index (χ1n) is 11.6. The lowest BCUT2D eigenvalue weighted by Crippen LogP contribution is -2.17. The van der Waals surface area contributed by atoms with Crippen molar-refractivity contribution in [3.8, 4) is 0 Å². The number of carbonyl (C=O) groups excluding carboxylic acids is 3. The van der Waals surface area contributed by atoms with Crippen LogP contribution in [0.4, 0.5) is 16.4 Å². The fourth-order valence-corrected chi connectivity index (χ4v) is 6.24. The number of nitro groups is 1. The van der Waals surface area contributed by atoms with E-state index in [1.54, 1.807) is 18.2 Å². The van der Waals surface area contributed by atoms with Gasteiger partial charge >= 0.3 is 5.97 Å². The van der Waals surface area contributed by atoms with Gasteiger partial charge in [0.25, 0.3) is 11.6 Å². The molecule has 3 aromatic rings. The molecule has 1 aliphatic rings. The van der Waals surface area contributed by atoms with Crippen LogP contribution in [0.1, 0.15) is 44.5 Å². The summed E-state index contributed by atoms with van der Waals surface area (Å²) in [7, 11) is 1.34. The SMILES string of the molecule is COC(=O)c1c(NC(=O)CSc2cccc(NC(=O)c3ccc([N+](=O)[O-])cc3)c2)sc2c1CCC(C)C2. The molecule has 2 aromatic carbocycles. The Morgan fingerprint density at radius 2 is 1.92 bits per heavy atom. The molecule has 37 heavy (non-hydrogen) atoms. The smallest absolute Gasteiger partial charge is 0.341 e. The van der Waals surface area contributed by atoms with Gasteiger partial charge in [-0.25, -0.2) is 4.79 Å². The van der Waals surface area contributed by atoms with Crippen molar-refractivity contribution in [2.75, 3.05) is 23.5 Å². The van der Waals surface area contributed by atoms with Crippen molar-refractivity contribution in [3.05, 3.63) is 80.2 Å². The Labute approximate surface area is 221 Å². The molecule has 1 atom stereocenters. The average Bonchev–Trinajstić information content (AvgIpc) is 3.23. The summed E-state index contributed by atoms with van der Waals surface area (Å²) in [6, 6.07) is 12.4.